The fourth-order valence-electron chi connectivity index (χ4n) is 1.08. The minimum atomic E-state index is -0.865. The Bertz CT molecular complexity index is 293. The van der Waals surface area contributed by atoms with Crippen LogP contribution < -0.4 is 0 Å². The summed E-state index contributed by atoms with van der Waals surface area (Å²) in [5.41, 5.74) is 0.838. The van der Waals surface area contributed by atoms with Gasteiger partial charge in [-0.05, 0) is 12.5 Å². The Labute approximate surface area is 83.3 Å². The first-order valence-corrected chi connectivity index (χ1v) is 4.40. The fraction of sp³-hybridized carbons (Fsp3) is 0.300. The van der Waals surface area contributed by atoms with Crippen LogP contribution in [0.5, 0.6) is 0 Å². The van der Waals surface area contributed by atoms with E-state index in [0.29, 0.717) is 0 Å². The zero-order chi connectivity index (χ0) is 9.90. The summed E-state index contributed by atoms with van der Waals surface area (Å²) in [5, 5.41) is 0. The zero-order valence-corrected chi connectivity index (χ0v) is 8.54. The van der Waals surface area contributed by atoms with E-state index in [4.69, 9.17) is 0 Å². The van der Waals surface area contributed by atoms with E-state index in [2.05, 4.69) is 17.4 Å². The zero-order valence-electron chi connectivity index (χ0n) is 7.65. The Kier molecular flexibility index (Phi) is 2.98. The van der Waals surface area contributed by atoms with Crippen molar-refractivity contribution in [2.75, 3.05) is 7.11 Å². The van der Waals surface area contributed by atoms with Gasteiger partial charge in [0.05, 0.1) is 7.11 Å². The van der Waals surface area contributed by atoms with Crippen LogP contribution in [0.3, 0.4) is 0 Å². The van der Waals surface area contributed by atoms with Crippen molar-refractivity contribution in [3.63, 3.8) is 0 Å². The molecule has 0 aromatic heterocycles. The Balaban J connectivity index is 3.00. The highest BCUT2D eigenvalue weighted by molar-refractivity contribution is 7.82. The minimum Gasteiger partial charge on any atom is -0.468 e. The number of rotatable bonds is 2. The van der Waals surface area contributed by atoms with Gasteiger partial charge in [0, 0.05) is 0 Å². The molecule has 0 bridgehead atoms. The number of benzene rings is 1. The predicted molar refractivity (Wildman–Crippen MR) is 54.8 cm³/mol. The third-order valence-corrected chi connectivity index (χ3v) is 2.36. The van der Waals surface area contributed by atoms with Gasteiger partial charge >= 0.3 is 5.97 Å². The summed E-state index contributed by atoms with van der Waals surface area (Å²) >= 11 is 4.28. The van der Waals surface area contributed by atoms with Crippen molar-refractivity contribution < 1.29 is 9.53 Å². The van der Waals surface area contributed by atoms with Gasteiger partial charge in [-0.3, -0.25) is 4.79 Å². The normalized spacial score (nSPS) is 14.7. The molecule has 2 nitrogen and oxygen atoms in total. The first-order chi connectivity index (χ1) is 6.09. The van der Waals surface area contributed by atoms with E-state index in [9.17, 15) is 4.79 Å². The summed E-state index contributed by atoms with van der Waals surface area (Å²) in [6.45, 7) is 1.72. The molecular formula is C10H12O2S. The third-order valence-electron chi connectivity index (χ3n) is 1.92. The molecule has 0 saturated carbocycles. The molecule has 0 aliphatic carbocycles. The van der Waals surface area contributed by atoms with Crippen molar-refractivity contribution in [3.05, 3.63) is 35.9 Å². The molecule has 0 aliphatic rings. The number of esters is 1. The Morgan fingerprint density at radius 2 is 1.92 bits per heavy atom. The van der Waals surface area contributed by atoms with Crippen LogP contribution >= 0.6 is 12.6 Å². The summed E-state index contributed by atoms with van der Waals surface area (Å²) in [5.74, 6) is -0.345. The molecule has 1 atom stereocenters. The first kappa shape index (κ1) is 10.1. The number of ether oxygens (including phenoxy) is 1. The highest BCUT2D eigenvalue weighted by atomic mass is 32.1. The van der Waals surface area contributed by atoms with E-state index in [1.165, 1.54) is 7.11 Å². The van der Waals surface area contributed by atoms with Gasteiger partial charge in [0.25, 0.3) is 0 Å². The van der Waals surface area contributed by atoms with Gasteiger partial charge in [0.1, 0.15) is 4.75 Å². The molecule has 1 aromatic rings. The Hall–Kier alpha value is -0.960. The molecule has 3 heteroatoms. The second-order valence-electron chi connectivity index (χ2n) is 2.93. The molecule has 0 spiro atoms. The van der Waals surface area contributed by atoms with Crippen LogP contribution in [0.25, 0.3) is 0 Å². The van der Waals surface area contributed by atoms with E-state index in [1.54, 1.807) is 6.92 Å². The van der Waals surface area contributed by atoms with Gasteiger partial charge in [-0.15, -0.1) is 0 Å². The largest absolute Gasteiger partial charge is 0.468 e. The third kappa shape index (κ3) is 2.04. The van der Waals surface area contributed by atoms with Crippen LogP contribution in [0.4, 0.5) is 0 Å². The highest BCUT2D eigenvalue weighted by Gasteiger charge is 2.31. The van der Waals surface area contributed by atoms with Gasteiger partial charge in [-0.2, -0.15) is 12.6 Å². The van der Waals surface area contributed by atoms with Crippen molar-refractivity contribution in [3.8, 4) is 0 Å². The van der Waals surface area contributed by atoms with E-state index in [-0.39, 0.29) is 5.97 Å². The molecular weight excluding hydrogens is 184 g/mol. The number of carbonyl (C=O) groups is 1. The molecule has 13 heavy (non-hydrogen) atoms. The smallest absolute Gasteiger partial charge is 0.325 e. The van der Waals surface area contributed by atoms with Gasteiger partial charge < -0.3 is 4.74 Å². The lowest BCUT2D eigenvalue weighted by molar-refractivity contribution is -0.143. The molecule has 0 radical (unpaired) electrons. The van der Waals surface area contributed by atoms with Gasteiger partial charge in [-0.1, -0.05) is 30.3 Å². The van der Waals surface area contributed by atoms with Crippen molar-refractivity contribution in [2.45, 2.75) is 11.7 Å². The lowest BCUT2D eigenvalue weighted by Crippen LogP contribution is -2.27. The van der Waals surface area contributed by atoms with Crippen molar-refractivity contribution >= 4 is 18.6 Å². The molecule has 0 saturated heterocycles. The lowest BCUT2D eigenvalue weighted by atomic mass is 10.0. The second kappa shape index (κ2) is 3.83. The van der Waals surface area contributed by atoms with Crippen LogP contribution in [-0.4, -0.2) is 13.1 Å². The Morgan fingerprint density at radius 3 is 2.38 bits per heavy atom. The molecule has 0 unspecified atom stereocenters. The quantitative estimate of drug-likeness (QED) is 0.578. The van der Waals surface area contributed by atoms with Crippen molar-refractivity contribution in [1.82, 2.24) is 0 Å². The summed E-state index contributed by atoms with van der Waals surface area (Å²) in [6.07, 6.45) is 0. The van der Waals surface area contributed by atoms with Gasteiger partial charge in [-0.25, -0.2) is 0 Å². The molecule has 1 aromatic carbocycles. The summed E-state index contributed by atoms with van der Waals surface area (Å²) in [4.78, 5) is 11.3. The summed E-state index contributed by atoms with van der Waals surface area (Å²) < 4.78 is 3.79. The standard InChI is InChI=1S/C10H12O2S/c1-10(13,9(11)12-2)8-6-4-3-5-7-8/h3-7,13H,1-2H3/t10-/m1/s1. The second-order valence-corrected chi connectivity index (χ2v) is 3.82. The topological polar surface area (TPSA) is 26.3 Å². The van der Waals surface area contributed by atoms with Crippen LogP contribution in [0, 0.1) is 0 Å². The molecule has 0 fully saturated rings. The van der Waals surface area contributed by atoms with Crippen LogP contribution in [0.2, 0.25) is 0 Å². The maximum Gasteiger partial charge on any atom is 0.325 e. The SMILES string of the molecule is COC(=O)[C@](C)(S)c1ccccc1. The highest BCUT2D eigenvalue weighted by Crippen LogP contribution is 2.28. The number of hydrogen-bond acceptors (Lipinski definition) is 3. The maximum atomic E-state index is 11.3. The Morgan fingerprint density at radius 1 is 1.38 bits per heavy atom. The van der Waals surface area contributed by atoms with Crippen LogP contribution in [-0.2, 0) is 14.3 Å². The van der Waals surface area contributed by atoms with E-state index in [0.717, 1.165) is 5.56 Å². The first-order valence-electron chi connectivity index (χ1n) is 3.95. The maximum absolute atomic E-state index is 11.3. The number of thiol groups is 1. The molecule has 0 amide bonds. The molecule has 0 N–H and O–H groups in total. The average molecular weight is 196 g/mol. The minimum absolute atomic E-state index is 0.345. The number of methoxy groups -OCH3 is 1. The fourth-order valence-corrected chi connectivity index (χ4v) is 1.32. The van der Waals surface area contributed by atoms with Crippen LogP contribution in [0.1, 0.15) is 12.5 Å². The molecule has 70 valence electrons. The van der Waals surface area contributed by atoms with Gasteiger partial charge in [0.2, 0.25) is 0 Å². The van der Waals surface area contributed by atoms with Crippen molar-refractivity contribution in [2.24, 2.45) is 0 Å². The van der Waals surface area contributed by atoms with Crippen LogP contribution in [0.15, 0.2) is 30.3 Å². The molecule has 0 aliphatic heterocycles. The number of hydrogen-bond donors (Lipinski definition) is 1. The van der Waals surface area contributed by atoms with Gasteiger partial charge in [0.15, 0.2) is 0 Å². The number of carbonyl (C=O) groups excluding carboxylic acids is 1. The monoisotopic (exact) mass is 196 g/mol. The summed E-state index contributed by atoms with van der Waals surface area (Å²) in [7, 11) is 1.36. The summed E-state index contributed by atoms with van der Waals surface area (Å²) in [6, 6.07) is 9.33. The molecule has 1 rings (SSSR count). The van der Waals surface area contributed by atoms with E-state index < -0.39 is 4.75 Å². The lowest BCUT2D eigenvalue weighted by Gasteiger charge is -2.20. The average Bonchev–Trinajstić information content (AvgIpc) is 2.18. The molecule has 0 heterocycles. The predicted octanol–water partition coefficient (Wildman–Crippen LogP) is 2.00. The van der Waals surface area contributed by atoms with E-state index >= 15 is 0 Å². The van der Waals surface area contributed by atoms with Crippen molar-refractivity contribution in [1.29, 1.82) is 0 Å². The van der Waals surface area contributed by atoms with E-state index in [1.807, 2.05) is 30.3 Å².